The van der Waals surface area contributed by atoms with E-state index >= 15 is 0 Å². The Morgan fingerprint density at radius 2 is 2.21 bits per heavy atom. The van der Waals surface area contributed by atoms with Crippen LogP contribution in [0.2, 0.25) is 0 Å². The molecule has 0 saturated carbocycles. The van der Waals surface area contributed by atoms with Crippen LogP contribution < -0.4 is 20.5 Å². The number of nitrogens with two attached hydrogens (primary N) is 1. The predicted molar refractivity (Wildman–Crippen MR) is 75.0 cm³/mol. The Kier molecular flexibility index (Phi) is 4.31. The molecular formula is C13H17BrN2O3. The molecule has 1 aromatic rings. The summed E-state index contributed by atoms with van der Waals surface area (Å²) in [6.45, 7) is 5.04. The van der Waals surface area contributed by atoms with Gasteiger partial charge in [0.15, 0.2) is 11.5 Å². The minimum atomic E-state index is -0.534. The molecule has 0 aliphatic carbocycles. The lowest BCUT2D eigenvalue weighted by molar-refractivity contribution is -0.120. The molecule has 5 nitrogen and oxygen atoms in total. The number of ether oxygens (including phenoxy) is 2. The van der Waals surface area contributed by atoms with E-state index in [0.717, 1.165) is 10.0 Å². The van der Waals surface area contributed by atoms with Gasteiger partial charge in [-0.1, -0.05) is 13.8 Å². The molecule has 0 aromatic heterocycles. The molecule has 0 spiro atoms. The van der Waals surface area contributed by atoms with E-state index in [0.29, 0.717) is 24.0 Å². The zero-order valence-electron chi connectivity index (χ0n) is 10.9. The van der Waals surface area contributed by atoms with Crippen molar-refractivity contribution in [2.24, 2.45) is 11.7 Å². The SMILES string of the molecule is CC(C)CNC(C(N)=O)c1cc(Br)c2c(c1)OCO2. The summed E-state index contributed by atoms with van der Waals surface area (Å²) in [5, 5.41) is 3.16. The smallest absolute Gasteiger partial charge is 0.239 e. The lowest BCUT2D eigenvalue weighted by Gasteiger charge is -2.18. The second kappa shape index (κ2) is 5.79. The number of carbonyl (C=O) groups excluding carboxylic acids is 1. The highest BCUT2D eigenvalue weighted by Gasteiger charge is 2.24. The number of hydrogen-bond donors (Lipinski definition) is 2. The van der Waals surface area contributed by atoms with E-state index in [4.69, 9.17) is 15.2 Å². The van der Waals surface area contributed by atoms with Crippen molar-refractivity contribution in [1.29, 1.82) is 0 Å². The van der Waals surface area contributed by atoms with Crippen LogP contribution in [0.4, 0.5) is 0 Å². The Bertz CT molecular complexity index is 491. The Hall–Kier alpha value is -1.27. The standard InChI is InChI=1S/C13H17BrN2O3/c1-7(2)5-16-11(13(15)17)8-3-9(14)12-10(4-8)18-6-19-12/h3-4,7,11,16H,5-6H2,1-2H3,(H2,15,17). The molecule has 0 saturated heterocycles. The summed E-state index contributed by atoms with van der Waals surface area (Å²) in [6, 6.07) is 3.08. The third kappa shape index (κ3) is 3.19. The van der Waals surface area contributed by atoms with Crippen molar-refractivity contribution in [1.82, 2.24) is 5.32 Å². The molecule has 6 heteroatoms. The zero-order valence-corrected chi connectivity index (χ0v) is 12.5. The number of nitrogens with one attached hydrogen (secondary N) is 1. The van der Waals surface area contributed by atoms with Crippen LogP contribution in [0.1, 0.15) is 25.5 Å². The number of amides is 1. The van der Waals surface area contributed by atoms with Crippen LogP contribution in [0.15, 0.2) is 16.6 Å². The summed E-state index contributed by atoms with van der Waals surface area (Å²) in [5.74, 6) is 1.31. The minimum Gasteiger partial charge on any atom is -0.454 e. The highest BCUT2D eigenvalue weighted by atomic mass is 79.9. The average Bonchev–Trinajstić information content (AvgIpc) is 2.77. The fraction of sp³-hybridized carbons (Fsp3) is 0.462. The molecule has 0 bridgehead atoms. The van der Waals surface area contributed by atoms with E-state index in [1.54, 1.807) is 6.07 Å². The molecular weight excluding hydrogens is 312 g/mol. The molecule has 104 valence electrons. The van der Waals surface area contributed by atoms with E-state index in [1.165, 1.54) is 0 Å². The molecule has 1 atom stereocenters. The van der Waals surface area contributed by atoms with Crippen LogP contribution in [0.3, 0.4) is 0 Å². The highest BCUT2D eigenvalue weighted by Crippen LogP contribution is 2.41. The maximum Gasteiger partial charge on any atom is 0.239 e. The lowest BCUT2D eigenvalue weighted by atomic mass is 10.0. The Morgan fingerprint density at radius 1 is 1.47 bits per heavy atom. The van der Waals surface area contributed by atoms with Gasteiger partial charge < -0.3 is 20.5 Å². The van der Waals surface area contributed by atoms with E-state index in [1.807, 2.05) is 6.07 Å². The van der Waals surface area contributed by atoms with Crippen LogP contribution in [-0.4, -0.2) is 19.2 Å². The van der Waals surface area contributed by atoms with Crippen LogP contribution in [0.5, 0.6) is 11.5 Å². The molecule has 1 amide bonds. The molecule has 0 radical (unpaired) electrons. The van der Waals surface area contributed by atoms with Crippen molar-refractivity contribution in [3.05, 3.63) is 22.2 Å². The summed E-state index contributed by atoms with van der Waals surface area (Å²) < 4.78 is 11.4. The molecule has 1 heterocycles. The van der Waals surface area contributed by atoms with Crippen LogP contribution in [-0.2, 0) is 4.79 Å². The molecule has 1 aliphatic rings. The van der Waals surface area contributed by atoms with Gasteiger partial charge in [-0.05, 0) is 46.1 Å². The Balaban J connectivity index is 2.27. The number of carbonyl (C=O) groups is 1. The minimum absolute atomic E-state index is 0.193. The summed E-state index contributed by atoms with van der Waals surface area (Å²) in [6.07, 6.45) is 0. The number of halogens is 1. The number of benzene rings is 1. The fourth-order valence-electron chi connectivity index (χ4n) is 1.89. The lowest BCUT2D eigenvalue weighted by Crippen LogP contribution is -2.35. The van der Waals surface area contributed by atoms with Gasteiger partial charge in [-0.15, -0.1) is 0 Å². The van der Waals surface area contributed by atoms with Gasteiger partial charge in [0.2, 0.25) is 12.7 Å². The number of hydrogen-bond acceptors (Lipinski definition) is 4. The van der Waals surface area contributed by atoms with Gasteiger partial charge in [0.1, 0.15) is 6.04 Å². The first-order valence-electron chi connectivity index (χ1n) is 6.10. The van der Waals surface area contributed by atoms with Crippen molar-refractivity contribution >= 4 is 21.8 Å². The second-order valence-electron chi connectivity index (χ2n) is 4.87. The van der Waals surface area contributed by atoms with E-state index in [2.05, 4.69) is 35.1 Å². The molecule has 3 N–H and O–H groups in total. The van der Waals surface area contributed by atoms with Gasteiger partial charge in [-0.25, -0.2) is 0 Å². The number of fused-ring (bicyclic) bond motifs is 1. The van der Waals surface area contributed by atoms with Crippen LogP contribution in [0.25, 0.3) is 0 Å². The number of rotatable bonds is 5. The Morgan fingerprint density at radius 3 is 2.84 bits per heavy atom. The quantitative estimate of drug-likeness (QED) is 0.866. The van der Waals surface area contributed by atoms with E-state index < -0.39 is 11.9 Å². The Labute approximate surface area is 120 Å². The van der Waals surface area contributed by atoms with Gasteiger partial charge in [-0.2, -0.15) is 0 Å². The maximum atomic E-state index is 11.6. The highest BCUT2D eigenvalue weighted by molar-refractivity contribution is 9.10. The first kappa shape index (κ1) is 14.1. The van der Waals surface area contributed by atoms with Gasteiger partial charge in [0, 0.05) is 0 Å². The maximum absolute atomic E-state index is 11.6. The first-order valence-corrected chi connectivity index (χ1v) is 6.90. The molecule has 1 aliphatic heterocycles. The van der Waals surface area contributed by atoms with Crippen molar-refractivity contribution < 1.29 is 14.3 Å². The zero-order chi connectivity index (χ0) is 14.0. The molecule has 0 fully saturated rings. The normalized spacial score (nSPS) is 14.7. The molecule has 1 aromatic carbocycles. The van der Waals surface area contributed by atoms with Crippen molar-refractivity contribution in [3.8, 4) is 11.5 Å². The molecule has 19 heavy (non-hydrogen) atoms. The third-order valence-electron chi connectivity index (χ3n) is 2.80. The summed E-state index contributed by atoms with van der Waals surface area (Å²) in [5.41, 5.74) is 6.23. The van der Waals surface area contributed by atoms with E-state index in [9.17, 15) is 4.79 Å². The van der Waals surface area contributed by atoms with Crippen molar-refractivity contribution in [3.63, 3.8) is 0 Å². The van der Waals surface area contributed by atoms with Gasteiger partial charge in [0.25, 0.3) is 0 Å². The summed E-state index contributed by atoms with van der Waals surface area (Å²) >= 11 is 3.41. The second-order valence-corrected chi connectivity index (χ2v) is 5.73. The largest absolute Gasteiger partial charge is 0.454 e. The van der Waals surface area contributed by atoms with Crippen LogP contribution in [0, 0.1) is 5.92 Å². The average molecular weight is 329 g/mol. The number of primary amides is 1. The predicted octanol–water partition coefficient (Wildman–Crippen LogP) is 1.95. The summed E-state index contributed by atoms with van der Waals surface area (Å²) in [7, 11) is 0. The monoisotopic (exact) mass is 328 g/mol. The van der Waals surface area contributed by atoms with Crippen molar-refractivity contribution in [2.45, 2.75) is 19.9 Å². The van der Waals surface area contributed by atoms with Gasteiger partial charge in [0.05, 0.1) is 4.47 Å². The molecule has 1 unspecified atom stereocenters. The fourth-order valence-corrected chi connectivity index (χ4v) is 2.46. The molecule has 2 rings (SSSR count). The van der Waals surface area contributed by atoms with Gasteiger partial charge >= 0.3 is 0 Å². The summed E-state index contributed by atoms with van der Waals surface area (Å²) in [4.78, 5) is 11.6. The first-order chi connectivity index (χ1) is 8.99. The topological polar surface area (TPSA) is 73.6 Å². The van der Waals surface area contributed by atoms with Crippen LogP contribution >= 0.6 is 15.9 Å². The van der Waals surface area contributed by atoms with E-state index in [-0.39, 0.29) is 6.79 Å². The van der Waals surface area contributed by atoms with Gasteiger partial charge in [-0.3, -0.25) is 4.79 Å². The third-order valence-corrected chi connectivity index (χ3v) is 3.39. The van der Waals surface area contributed by atoms with Crippen molar-refractivity contribution in [2.75, 3.05) is 13.3 Å².